The molecule has 2 aliphatic rings. The Morgan fingerprint density at radius 2 is 2.20 bits per heavy atom. The van der Waals surface area contributed by atoms with E-state index in [9.17, 15) is 4.79 Å². The Bertz CT molecular complexity index is 506. The molecule has 108 valence electrons. The van der Waals surface area contributed by atoms with Crippen molar-refractivity contribution in [2.75, 3.05) is 5.32 Å². The number of nitrogens with one attached hydrogen (secondary N) is 2. The van der Waals surface area contributed by atoms with Gasteiger partial charge in [-0.15, -0.1) is 0 Å². The second kappa shape index (κ2) is 5.82. The summed E-state index contributed by atoms with van der Waals surface area (Å²) >= 11 is 3.42. The van der Waals surface area contributed by atoms with Crippen LogP contribution in [-0.2, 0) is 4.79 Å². The summed E-state index contributed by atoms with van der Waals surface area (Å²) in [5.74, 6) is 1.36. The zero-order valence-electron chi connectivity index (χ0n) is 11.7. The number of nitrogens with zero attached hydrogens (tertiary/aromatic N) is 1. The van der Waals surface area contributed by atoms with Crippen LogP contribution in [0.3, 0.4) is 0 Å². The minimum atomic E-state index is -0.0612. The molecule has 1 saturated heterocycles. The first-order valence-electron chi connectivity index (χ1n) is 7.33. The minimum absolute atomic E-state index is 0.0497. The molecule has 3 atom stereocenters. The number of aryl methyl sites for hydroxylation is 1. The van der Waals surface area contributed by atoms with Gasteiger partial charge in [-0.2, -0.15) is 0 Å². The first-order chi connectivity index (χ1) is 9.63. The number of anilines is 1. The number of rotatable bonds is 2. The van der Waals surface area contributed by atoms with E-state index in [1.165, 1.54) is 25.7 Å². The van der Waals surface area contributed by atoms with Crippen LogP contribution >= 0.6 is 15.9 Å². The lowest BCUT2D eigenvalue weighted by Gasteiger charge is -2.24. The second-order valence-electron chi connectivity index (χ2n) is 5.86. The summed E-state index contributed by atoms with van der Waals surface area (Å²) in [4.78, 5) is 16.7. The van der Waals surface area contributed by atoms with Crippen molar-refractivity contribution in [3.8, 4) is 0 Å². The largest absolute Gasteiger partial charge is 0.309 e. The van der Waals surface area contributed by atoms with Crippen LogP contribution in [0, 0.1) is 12.8 Å². The molecule has 20 heavy (non-hydrogen) atoms. The van der Waals surface area contributed by atoms with Crippen LogP contribution in [0.15, 0.2) is 16.6 Å². The Morgan fingerprint density at radius 3 is 2.95 bits per heavy atom. The monoisotopic (exact) mass is 337 g/mol. The first kappa shape index (κ1) is 14.0. The molecular formula is C15H20BrN3O. The number of halogens is 1. The molecule has 2 fully saturated rings. The molecule has 2 N–H and O–H groups in total. The molecule has 1 saturated carbocycles. The maximum absolute atomic E-state index is 12.3. The third-order valence-electron chi connectivity index (χ3n) is 4.45. The molecule has 0 spiro atoms. The molecule has 1 aromatic heterocycles. The van der Waals surface area contributed by atoms with Crippen LogP contribution in [0.1, 0.15) is 37.8 Å². The molecule has 1 aliphatic heterocycles. The number of amides is 1. The molecule has 0 bridgehead atoms. The van der Waals surface area contributed by atoms with Gasteiger partial charge in [0.1, 0.15) is 5.82 Å². The van der Waals surface area contributed by atoms with Gasteiger partial charge >= 0.3 is 0 Å². The minimum Gasteiger partial charge on any atom is -0.309 e. The van der Waals surface area contributed by atoms with Crippen molar-refractivity contribution in [2.24, 2.45) is 5.92 Å². The van der Waals surface area contributed by atoms with Crippen molar-refractivity contribution >= 4 is 27.7 Å². The van der Waals surface area contributed by atoms with Crippen molar-refractivity contribution in [2.45, 2.75) is 51.1 Å². The van der Waals surface area contributed by atoms with Crippen LogP contribution in [-0.4, -0.2) is 23.0 Å². The predicted octanol–water partition coefficient (Wildman–Crippen LogP) is 3.01. The zero-order chi connectivity index (χ0) is 14.1. The average Bonchev–Trinajstić information content (AvgIpc) is 2.87. The molecule has 5 heteroatoms. The fourth-order valence-electron chi connectivity index (χ4n) is 3.35. The van der Waals surface area contributed by atoms with E-state index in [1.807, 2.05) is 19.1 Å². The lowest BCUT2D eigenvalue weighted by Crippen LogP contribution is -2.40. The molecule has 1 aliphatic carbocycles. The van der Waals surface area contributed by atoms with E-state index in [0.29, 0.717) is 17.8 Å². The molecular weight excluding hydrogens is 318 g/mol. The molecule has 3 unspecified atom stereocenters. The van der Waals surface area contributed by atoms with Gasteiger partial charge in [0.25, 0.3) is 0 Å². The highest BCUT2D eigenvalue weighted by atomic mass is 79.9. The second-order valence-corrected chi connectivity index (χ2v) is 6.71. The van der Waals surface area contributed by atoms with Gasteiger partial charge in [-0.05, 0) is 60.2 Å². The standard InChI is InChI=1S/C15H20BrN3O/c1-9-11(16)6-7-14(17-9)19-15(20)13-8-10-4-2-3-5-12(10)18-13/h6-7,10,12-13,18H,2-5,8H2,1H3,(H,17,19,20). The Kier molecular flexibility index (Phi) is 4.08. The summed E-state index contributed by atoms with van der Waals surface area (Å²) in [5, 5.41) is 6.42. The molecule has 1 aromatic rings. The quantitative estimate of drug-likeness (QED) is 0.872. The van der Waals surface area contributed by atoms with E-state index in [2.05, 4.69) is 31.5 Å². The summed E-state index contributed by atoms with van der Waals surface area (Å²) in [5.41, 5.74) is 0.885. The van der Waals surface area contributed by atoms with Gasteiger partial charge < -0.3 is 10.6 Å². The van der Waals surface area contributed by atoms with Gasteiger partial charge in [0.2, 0.25) is 5.91 Å². The lowest BCUT2D eigenvalue weighted by atomic mass is 9.85. The molecule has 2 heterocycles. The van der Waals surface area contributed by atoms with Crippen LogP contribution < -0.4 is 10.6 Å². The number of fused-ring (bicyclic) bond motifs is 1. The lowest BCUT2D eigenvalue weighted by molar-refractivity contribution is -0.117. The number of aromatic nitrogens is 1. The summed E-state index contributed by atoms with van der Waals surface area (Å²) in [6.07, 6.45) is 6.04. The third kappa shape index (κ3) is 2.88. The van der Waals surface area contributed by atoms with Gasteiger partial charge in [0.15, 0.2) is 0 Å². The number of hydrogen-bond acceptors (Lipinski definition) is 3. The highest BCUT2D eigenvalue weighted by molar-refractivity contribution is 9.10. The van der Waals surface area contributed by atoms with Crippen LogP contribution in [0.25, 0.3) is 0 Å². The summed E-state index contributed by atoms with van der Waals surface area (Å²) < 4.78 is 0.959. The van der Waals surface area contributed by atoms with Crippen LogP contribution in [0.2, 0.25) is 0 Å². The fraction of sp³-hybridized carbons (Fsp3) is 0.600. The normalized spacial score (nSPS) is 29.0. The highest BCUT2D eigenvalue weighted by Crippen LogP contribution is 2.33. The van der Waals surface area contributed by atoms with E-state index in [0.717, 1.165) is 16.6 Å². The van der Waals surface area contributed by atoms with Crippen molar-refractivity contribution in [3.63, 3.8) is 0 Å². The Hall–Kier alpha value is -0.940. The van der Waals surface area contributed by atoms with Crippen LogP contribution in [0.5, 0.6) is 0 Å². The SMILES string of the molecule is Cc1nc(NC(=O)C2CC3CCCCC3N2)ccc1Br. The maximum Gasteiger partial charge on any atom is 0.242 e. The summed E-state index contributed by atoms with van der Waals surface area (Å²) in [6.45, 7) is 1.92. The van der Waals surface area contributed by atoms with Crippen molar-refractivity contribution < 1.29 is 4.79 Å². The van der Waals surface area contributed by atoms with E-state index in [1.54, 1.807) is 0 Å². The topological polar surface area (TPSA) is 54.0 Å². The molecule has 3 rings (SSSR count). The zero-order valence-corrected chi connectivity index (χ0v) is 13.2. The predicted molar refractivity (Wildman–Crippen MR) is 82.6 cm³/mol. The van der Waals surface area contributed by atoms with Gasteiger partial charge in [-0.3, -0.25) is 4.79 Å². The van der Waals surface area contributed by atoms with E-state index >= 15 is 0 Å². The van der Waals surface area contributed by atoms with Crippen molar-refractivity contribution in [3.05, 3.63) is 22.3 Å². The van der Waals surface area contributed by atoms with Gasteiger partial charge in [0.05, 0.1) is 11.7 Å². The third-order valence-corrected chi connectivity index (χ3v) is 5.29. The van der Waals surface area contributed by atoms with Gasteiger partial charge in [0, 0.05) is 10.5 Å². The fourth-order valence-corrected chi connectivity index (χ4v) is 3.57. The maximum atomic E-state index is 12.3. The number of hydrogen-bond donors (Lipinski definition) is 2. The van der Waals surface area contributed by atoms with Crippen molar-refractivity contribution in [1.29, 1.82) is 0 Å². The Balaban J connectivity index is 1.63. The smallest absolute Gasteiger partial charge is 0.242 e. The van der Waals surface area contributed by atoms with Gasteiger partial charge in [-0.25, -0.2) is 4.98 Å². The first-order valence-corrected chi connectivity index (χ1v) is 8.13. The van der Waals surface area contributed by atoms with E-state index in [-0.39, 0.29) is 11.9 Å². The summed E-state index contributed by atoms with van der Waals surface area (Å²) in [7, 11) is 0. The Morgan fingerprint density at radius 1 is 1.40 bits per heavy atom. The number of pyridine rings is 1. The number of carbonyl (C=O) groups excluding carboxylic acids is 1. The molecule has 4 nitrogen and oxygen atoms in total. The van der Waals surface area contributed by atoms with Gasteiger partial charge in [-0.1, -0.05) is 12.8 Å². The average molecular weight is 338 g/mol. The molecule has 1 amide bonds. The molecule has 0 aromatic carbocycles. The van der Waals surface area contributed by atoms with Crippen molar-refractivity contribution in [1.82, 2.24) is 10.3 Å². The van der Waals surface area contributed by atoms with E-state index in [4.69, 9.17) is 0 Å². The van der Waals surface area contributed by atoms with Crippen LogP contribution in [0.4, 0.5) is 5.82 Å². The highest BCUT2D eigenvalue weighted by Gasteiger charge is 2.38. The summed E-state index contributed by atoms with van der Waals surface area (Å²) in [6, 6.07) is 4.23. The molecule has 0 radical (unpaired) electrons. The Labute approximate surface area is 127 Å². The number of carbonyl (C=O) groups is 1. The van der Waals surface area contributed by atoms with E-state index < -0.39 is 0 Å².